The Hall–Kier alpha value is -2.08. The van der Waals surface area contributed by atoms with E-state index < -0.39 is 0 Å². The summed E-state index contributed by atoms with van der Waals surface area (Å²) in [6.45, 7) is 6.45. The van der Waals surface area contributed by atoms with Crippen molar-refractivity contribution in [3.63, 3.8) is 0 Å². The monoisotopic (exact) mass is 346 g/mol. The van der Waals surface area contributed by atoms with Crippen LogP contribution in [0.2, 0.25) is 0 Å². The van der Waals surface area contributed by atoms with Crippen molar-refractivity contribution in [3.05, 3.63) is 45.9 Å². The Balaban J connectivity index is 1.81. The van der Waals surface area contributed by atoms with Gasteiger partial charge in [-0.15, -0.1) is 11.3 Å². The first-order valence-electron chi connectivity index (χ1n) is 8.27. The van der Waals surface area contributed by atoms with Gasteiger partial charge in [0.15, 0.2) is 5.96 Å². The van der Waals surface area contributed by atoms with E-state index in [1.165, 1.54) is 5.01 Å². The van der Waals surface area contributed by atoms with E-state index >= 15 is 0 Å². The number of nitrogens with one attached hydrogen (secondary N) is 2. The second-order valence-electron chi connectivity index (χ2n) is 5.46. The number of benzene rings is 1. The standard InChI is InChI=1S/C18H26N4OS/c1-4-19-18(20-10-6-9-17-22-14(2)13-24-17)21-12-15-7-5-8-16(11-15)23-3/h5,7-8,11,13H,4,6,9-10,12H2,1-3H3,(H2,19,20,21). The van der Waals surface area contributed by atoms with Crippen molar-refractivity contribution in [1.29, 1.82) is 0 Å². The van der Waals surface area contributed by atoms with Crippen molar-refractivity contribution in [2.45, 2.75) is 33.2 Å². The molecule has 2 aromatic rings. The summed E-state index contributed by atoms with van der Waals surface area (Å²) in [7, 11) is 1.68. The summed E-state index contributed by atoms with van der Waals surface area (Å²) in [5.41, 5.74) is 2.24. The first kappa shape index (κ1) is 18.3. The highest BCUT2D eigenvalue weighted by atomic mass is 32.1. The van der Waals surface area contributed by atoms with Crippen LogP contribution in [0.25, 0.3) is 0 Å². The van der Waals surface area contributed by atoms with Gasteiger partial charge < -0.3 is 15.4 Å². The highest BCUT2D eigenvalue weighted by molar-refractivity contribution is 7.09. The smallest absolute Gasteiger partial charge is 0.191 e. The van der Waals surface area contributed by atoms with Gasteiger partial charge in [-0.05, 0) is 38.0 Å². The predicted octanol–water partition coefficient (Wildman–Crippen LogP) is 3.15. The van der Waals surface area contributed by atoms with Crippen LogP contribution in [0.3, 0.4) is 0 Å². The van der Waals surface area contributed by atoms with E-state index in [0.29, 0.717) is 6.54 Å². The quantitative estimate of drug-likeness (QED) is 0.438. The van der Waals surface area contributed by atoms with E-state index in [0.717, 1.165) is 48.9 Å². The maximum absolute atomic E-state index is 5.25. The molecule has 1 heterocycles. The van der Waals surface area contributed by atoms with Gasteiger partial charge in [-0.2, -0.15) is 0 Å². The Morgan fingerprint density at radius 3 is 2.92 bits per heavy atom. The van der Waals surface area contributed by atoms with Crippen molar-refractivity contribution < 1.29 is 4.74 Å². The number of aliphatic imine (C=N–C) groups is 1. The SMILES string of the molecule is CCNC(=NCc1cccc(OC)c1)NCCCc1nc(C)cs1. The lowest BCUT2D eigenvalue weighted by Crippen LogP contribution is -2.37. The van der Waals surface area contributed by atoms with Crippen molar-refractivity contribution in [2.75, 3.05) is 20.2 Å². The van der Waals surface area contributed by atoms with Crippen LogP contribution < -0.4 is 15.4 Å². The number of aromatic nitrogens is 1. The summed E-state index contributed by atoms with van der Waals surface area (Å²) in [5, 5.41) is 9.96. The average molecular weight is 347 g/mol. The van der Waals surface area contributed by atoms with Crippen LogP contribution in [0.15, 0.2) is 34.6 Å². The molecule has 1 aromatic heterocycles. The Kier molecular flexibility index (Phi) is 7.55. The maximum Gasteiger partial charge on any atom is 0.191 e. The third kappa shape index (κ3) is 6.20. The lowest BCUT2D eigenvalue weighted by atomic mass is 10.2. The van der Waals surface area contributed by atoms with Crippen molar-refractivity contribution in [1.82, 2.24) is 15.6 Å². The molecule has 0 amide bonds. The zero-order valence-electron chi connectivity index (χ0n) is 14.6. The molecular formula is C18H26N4OS. The third-order valence-electron chi connectivity index (χ3n) is 3.42. The average Bonchev–Trinajstić information content (AvgIpc) is 3.02. The Morgan fingerprint density at radius 2 is 2.21 bits per heavy atom. The van der Waals surface area contributed by atoms with Crippen LogP contribution in [0, 0.1) is 6.92 Å². The zero-order chi connectivity index (χ0) is 17.2. The summed E-state index contributed by atoms with van der Waals surface area (Å²) < 4.78 is 5.25. The fraction of sp³-hybridized carbons (Fsp3) is 0.444. The number of thiazole rings is 1. The molecule has 0 radical (unpaired) electrons. The van der Waals surface area contributed by atoms with Crippen LogP contribution in [0.4, 0.5) is 0 Å². The van der Waals surface area contributed by atoms with Gasteiger partial charge in [0.1, 0.15) is 5.75 Å². The lowest BCUT2D eigenvalue weighted by molar-refractivity contribution is 0.414. The molecule has 24 heavy (non-hydrogen) atoms. The number of rotatable bonds is 8. The number of aryl methyl sites for hydroxylation is 2. The van der Waals surface area contributed by atoms with Gasteiger partial charge >= 0.3 is 0 Å². The van der Waals surface area contributed by atoms with E-state index in [1.54, 1.807) is 18.4 Å². The van der Waals surface area contributed by atoms with E-state index in [1.807, 2.05) is 25.1 Å². The summed E-state index contributed by atoms with van der Waals surface area (Å²) in [6.07, 6.45) is 2.04. The number of nitrogens with zero attached hydrogens (tertiary/aromatic N) is 2. The minimum atomic E-state index is 0.623. The van der Waals surface area contributed by atoms with Crippen molar-refractivity contribution in [3.8, 4) is 5.75 Å². The number of hydrogen-bond donors (Lipinski definition) is 2. The minimum Gasteiger partial charge on any atom is -0.497 e. The number of guanidine groups is 1. The van der Waals surface area contributed by atoms with Gasteiger partial charge in [0.2, 0.25) is 0 Å². The molecule has 0 unspecified atom stereocenters. The molecule has 0 atom stereocenters. The van der Waals surface area contributed by atoms with Crippen LogP contribution >= 0.6 is 11.3 Å². The van der Waals surface area contributed by atoms with Gasteiger partial charge in [-0.1, -0.05) is 12.1 Å². The second kappa shape index (κ2) is 9.93. The number of ether oxygens (including phenoxy) is 1. The zero-order valence-corrected chi connectivity index (χ0v) is 15.4. The first-order chi connectivity index (χ1) is 11.7. The van der Waals surface area contributed by atoms with Crippen molar-refractivity contribution in [2.24, 2.45) is 4.99 Å². The number of hydrogen-bond acceptors (Lipinski definition) is 4. The van der Waals surface area contributed by atoms with Crippen LogP contribution in [0.5, 0.6) is 5.75 Å². The minimum absolute atomic E-state index is 0.623. The van der Waals surface area contributed by atoms with Gasteiger partial charge in [0, 0.05) is 30.6 Å². The molecule has 2 rings (SSSR count). The van der Waals surface area contributed by atoms with Gasteiger partial charge in [-0.3, -0.25) is 0 Å². The van der Waals surface area contributed by atoms with Crippen LogP contribution in [-0.2, 0) is 13.0 Å². The first-order valence-corrected chi connectivity index (χ1v) is 9.15. The molecule has 0 aliphatic rings. The highest BCUT2D eigenvalue weighted by Crippen LogP contribution is 2.13. The molecule has 0 aliphatic heterocycles. The Labute approximate surface area is 148 Å². The molecular weight excluding hydrogens is 320 g/mol. The van der Waals surface area contributed by atoms with Gasteiger partial charge in [-0.25, -0.2) is 9.98 Å². The van der Waals surface area contributed by atoms with Crippen LogP contribution in [0.1, 0.15) is 29.6 Å². The molecule has 0 bridgehead atoms. The predicted molar refractivity (Wildman–Crippen MR) is 101 cm³/mol. The topological polar surface area (TPSA) is 58.5 Å². The lowest BCUT2D eigenvalue weighted by Gasteiger charge is -2.11. The van der Waals surface area contributed by atoms with E-state index in [4.69, 9.17) is 4.74 Å². The van der Waals surface area contributed by atoms with Gasteiger partial charge in [0.05, 0.1) is 18.7 Å². The molecule has 0 spiro atoms. The van der Waals surface area contributed by atoms with Crippen LogP contribution in [-0.4, -0.2) is 31.1 Å². The third-order valence-corrected chi connectivity index (χ3v) is 4.45. The van der Waals surface area contributed by atoms with E-state index in [9.17, 15) is 0 Å². The summed E-state index contributed by atoms with van der Waals surface area (Å²) in [6, 6.07) is 8.00. The molecule has 0 fully saturated rings. The maximum atomic E-state index is 5.25. The molecule has 130 valence electrons. The summed E-state index contributed by atoms with van der Waals surface area (Å²) in [5.74, 6) is 1.70. The molecule has 5 nitrogen and oxygen atoms in total. The Bertz CT molecular complexity index is 654. The molecule has 0 saturated carbocycles. The van der Waals surface area contributed by atoms with Gasteiger partial charge in [0.25, 0.3) is 0 Å². The Morgan fingerprint density at radius 1 is 1.33 bits per heavy atom. The molecule has 0 saturated heterocycles. The molecule has 0 aliphatic carbocycles. The number of methoxy groups -OCH3 is 1. The molecule has 1 aromatic carbocycles. The highest BCUT2D eigenvalue weighted by Gasteiger charge is 2.01. The van der Waals surface area contributed by atoms with Crippen molar-refractivity contribution >= 4 is 17.3 Å². The molecule has 2 N–H and O–H groups in total. The summed E-state index contributed by atoms with van der Waals surface area (Å²) in [4.78, 5) is 9.12. The summed E-state index contributed by atoms with van der Waals surface area (Å²) >= 11 is 1.73. The molecule has 6 heteroatoms. The van der Waals surface area contributed by atoms with E-state index in [-0.39, 0.29) is 0 Å². The second-order valence-corrected chi connectivity index (χ2v) is 6.40. The fourth-order valence-electron chi connectivity index (χ4n) is 2.25. The van der Waals surface area contributed by atoms with E-state index in [2.05, 4.69) is 39.0 Å². The largest absolute Gasteiger partial charge is 0.497 e. The fourth-order valence-corrected chi connectivity index (χ4v) is 3.07. The normalized spacial score (nSPS) is 11.4.